The van der Waals surface area contributed by atoms with E-state index in [0.717, 1.165) is 36.5 Å². The predicted molar refractivity (Wildman–Crippen MR) is 77.9 cm³/mol. The van der Waals surface area contributed by atoms with E-state index >= 15 is 0 Å². The average molecular weight is 268 g/mol. The highest BCUT2D eigenvalue weighted by atomic mass is 32.2. The van der Waals surface area contributed by atoms with Crippen LogP contribution in [0.4, 0.5) is 10.1 Å². The second-order valence-electron chi connectivity index (χ2n) is 4.69. The molecule has 1 aromatic rings. The number of halogens is 1. The topological polar surface area (TPSA) is 15.3 Å². The number of nitrogens with one attached hydrogen (secondary N) is 1. The van der Waals surface area contributed by atoms with Crippen molar-refractivity contribution in [1.29, 1.82) is 0 Å². The Bertz CT molecular complexity index is 391. The fraction of sp³-hybridized carbons (Fsp3) is 0.571. The Balaban J connectivity index is 2.08. The highest BCUT2D eigenvalue weighted by Crippen LogP contribution is 2.28. The van der Waals surface area contributed by atoms with Gasteiger partial charge in [0.25, 0.3) is 0 Å². The summed E-state index contributed by atoms with van der Waals surface area (Å²) in [5.74, 6) is 2.19. The summed E-state index contributed by atoms with van der Waals surface area (Å²) in [6, 6.07) is 6.05. The highest BCUT2D eigenvalue weighted by Gasteiger charge is 2.22. The summed E-state index contributed by atoms with van der Waals surface area (Å²) >= 11 is 1.95. The average Bonchev–Trinajstić information content (AvgIpc) is 2.89. The summed E-state index contributed by atoms with van der Waals surface area (Å²) in [6.45, 7) is 3.69. The monoisotopic (exact) mass is 268 g/mol. The number of hydrogen-bond acceptors (Lipinski definition) is 3. The Hall–Kier alpha value is -0.740. The molecule has 0 aromatic heterocycles. The smallest absolute Gasteiger partial charge is 0.146 e. The van der Waals surface area contributed by atoms with Gasteiger partial charge in [0.2, 0.25) is 0 Å². The van der Waals surface area contributed by atoms with Crippen LogP contribution in [0.15, 0.2) is 18.2 Å². The lowest BCUT2D eigenvalue weighted by molar-refractivity contribution is 0.603. The number of rotatable bonds is 5. The Morgan fingerprint density at radius 1 is 1.50 bits per heavy atom. The van der Waals surface area contributed by atoms with Gasteiger partial charge >= 0.3 is 0 Å². The van der Waals surface area contributed by atoms with E-state index in [2.05, 4.69) is 17.1 Å². The van der Waals surface area contributed by atoms with Gasteiger partial charge < -0.3 is 10.2 Å². The maximum absolute atomic E-state index is 14.1. The molecule has 100 valence electrons. The van der Waals surface area contributed by atoms with E-state index in [1.807, 2.05) is 30.9 Å². The first kappa shape index (κ1) is 13.7. The fourth-order valence-corrected chi connectivity index (χ4v) is 3.51. The van der Waals surface area contributed by atoms with Gasteiger partial charge in [0.15, 0.2) is 0 Å². The summed E-state index contributed by atoms with van der Waals surface area (Å²) in [5, 5.41) is 3.21. The van der Waals surface area contributed by atoms with E-state index in [1.165, 1.54) is 5.75 Å². The summed E-state index contributed by atoms with van der Waals surface area (Å²) < 4.78 is 14.1. The Kier molecular flexibility index (Phi) is 4.89. The Labute approximate surface area is 113 Å². The highest BCUT2D eigenvalue weighted by molar-refractivity contribution is 7.99. The van der Waals surface area contributed by atoms with Gasteiger partial charge in [-0.15, -0.1) is 0 Å². The number of hydrogen-bond donors (Lipinski definition) is 1. The maximum Gasteiger partial charge on any atom is 0.146 e. The molecule has 0 radical (unpaired) electrons. The van der Waals surface area contributed by atoms with Crippen molar-refractivity contribution in [3.8, 4) is 0 Å². The number of thioether (sulfide) groups is 1. The maximum atomic E-state index is 14.1. The minimum Gasteiger partial charge on any atom is -0.368 e. The lowest BCUT2D eigenvalue weighted by atomic mass is 10.1. The lowest BCUT2D eigenvalue weighted by Gasteiger charge is -2.26. The third kappa shape index (κ3) is 3.18. The quantitative estimate of drug-likeness (QED) is 0.884. The molecule has 1 atom stereocenters. The van der Waals surface area contributed by atoms with Gasteiger partial charge in [-0.2, -0.15) is 11.8 Å². The van der Waals surface area contributed by atoms with Crippen LogP contribution in [-0.4, -0.2) is 31.1 Å². The van der Waals surface area contributed by atoms with Gasteiger partial charge in [-0.3, -0.25) is 0 Å². The third-order valence-electron chi connectivity index (χ3n) is 3.42. The zero-order valence-corrected chi connectivity index (χ0v) is 11.9. The molecule has 1 heterocycles. The SMILES string of the molecule is CCNCc1ccc(N(C)C2CCSC2)c(F)c1. The molecule has 0 saturated carbocycles. The van der Waals surface area contributed by atoms with Crippen LogP contribution in [0.2, 0.25) is 0 Å². The van der Waals surface area contributed by atoms with E-state index in [1.54, 1.807) is 6.07 Å². The van der Waals surface area contributed by atoms with Crippen LogP contribution in [0.1, 0.15) is 18.9 Å². The third-order valence-corrected chi connectivity index (χ3v) is 4.57. The molecular formula is C14H21FN2S. The van der Waals surface area contributed by atoms with Gasteiger partial charge in [0.1, 0.15) is 5.82 Å². The molecule has 0 amide bonds. The largest absolute Gasteiger partial charge is 0.368 e. The zero-order valence-electron chi connectivity index (χ0n) is 11.1. The van der Waals surface area contributed by atoms with Gasteiger partial charge in [-0.25, -0.2) is 4.39 Å². The van der Waals surface area contributed by atoms with Crippen LogP contribution in [-0.2, 0) is 6.54 Å². The molecule has 1 aliphatic heterocycles. The van der Waals surface area contributed by atoms with Crippen molar-refractivity contribution in [2.45, 2.75) is 25.9 Å². The molecule has 1 unspecified atom stereocenters. The molecule has 0 aliphatic carbocycles. The van der Waals surface area contributed by atoms with Crippen LogP contribution in [0.5, 0.6) is 0 Å². The fourth-order valence-electron chi connectivity index (χ4n) is 2.24. The van der Waals surface area contributed by atoms with Gasteiger partial charge in [-0.1, -0.05) is 13.0 Å². The molecule has 1 N–H and O–H groups in total. The van der Waals surface area contributed by atoms with Crippen LogP contribution < -0.4 is 10.2 Å². The molecule has 1 fully saturated rings. The van der Waals surface area contributed by atoms with E-state index < -0.39 is 0 Å². The zero-order chi connectivity index (χ0) is 13.0. The van der Waals surface area contributed by atoms with Gasteiger partial charge in [0, 0.05) is 25.4 Å². The molecule has 0 bridgehead atoms. The molecule has 0 spiro atoms. The van der Waals surface area contributed by atoms with Crippen LogP contribution in [0.25, 0.3) is 0 Å². The first-order chi connectivity index (χ1) is 8.72. The molecule has 4 heteroatoms. The van der Waals surface area contributed by atoms with Crippen molar-refractivity contribution in [2.24, 2.45) is 0 Å². The summed E-state index contributed by atoms with van der Waals surface area (Å²) in [6.07, 6.45) is 1.15. The van der Waals surface area contributed by atoms with Gasteiger partial charge in [-0.05, 0) is 36.4 Å². The van der Waals surface area contributed by atoms with Crippen molar-refractivity contribution >= 4 is 17.4 Å². The molecule has 1 aromatic carbocycles. The normalized spacial score (nSPS) is 19.2. The number of nitrogens with zero attached hydrogens (tertiary/aromatic N) is 1. The second kappa shape index (κ2) is 6.43. The molecule has 1 aliphatic rings. The van der Waals surface area contributed by atoms with Crippen molar-refractivity contribution in [2.75, 3.05) is 30.0 Å². The minimum absolute atomic E-state index is 0.107. The molecule has 1 saturated heterocycles. The number of benzene rings is 1. The summed E-state index contributed by atoms with van der Waals surface area (Å²) in [7, 11) is 2.00. The van der Waals surface area contributed by atoms with E-state index in [0.29, 0.717) is 6.04 Å². The Morgan fingerprint density at radius 3 is 2.94 bits per heavy atom. The standard InChI is InChI=1S/C14H21FN2S/c1-3-16-9-11-4-5-14(13(15)8-11)17(2)12-6-7-18-10-12/h4-5,8,12,16H,3,6-7,9-10H2,1-2H3. The predicted octanol–water partition coefficient (Wildman–Crippen LogP) is 2.88. The lowest BCUT2D eigenvalue weighted by Crippen LogP contribution is -2.32. The molecule has 2 rings (SSSR count). The first-order valence-electron chi connectivity index (χ1n) is 6.52. The second-order valence-corrected chi connectivity index (χ2v) is 5.84. The first-order valence-corrected chi connectivity index (χ1v) is 7.67. The van der Waals surface area contributed by atoms with Crippen LogP contribution in [0, 0.1) is 5.82 Å². The van der Waals surface area contributed by atoms with Crippen LogP contribution >= 0.6 is 11.8 Å². The Morgan fingerprint density at radius 2 is 2.33 bits per heavy atom. The van der Waals surface area contributed by atoms with E-state index in [9.17, 15) is 4.39 Å². The summed E-state index contributed by atoms with van der Waals surface area (Å²) in [4.78, 5) is 2.09. The number of anilines is 1. The van der Waals surface area contributed by atoms with E-state index in [4.69, 9.17) is 0 Å². The van der Waals surface area contributed by atoms with Gasteiger partial charge in [0.05, 0.1) is 5.69 Å². The molecule has 18 heavy (non-hydrogen) atoms. The molecular weight excluding hydrogens is 247 g/mol. The van der Waals surface area contributed by atoms with E-state index in [-0.39, 0.29) is 5.82 Å². The summed E-state index contributed by atoms with van der Waals surface area (Å²) in [5.41, 5.74) is 1.73. The van der Waals surface area contributed by atoms with Crippen molar-refractivity contribution < 1.29 is 4.39 Å². The van der Waals surface area contributed by atoms with Crippen LogP contribution in [0.3, 0.4) is 0 Å². The molecule has 2 nitrogen and oxygen atoms in total. The van der Waals surface area contributed by atoms with Crippen molar-refractivity contribution in [3.63, 3.8) is 0 Å². The van der Waals surface area contributed by atoms with Crippen molar-refractivity contribution in [1.82, 2.24) is 5.32 Å². The van der Waals surface area contributed by atoms with Crippen molar-refractivity contribution in [3.05, 3.63) is 29.6 Å². The minimum atomic E-state index is -0.107.